The molecule has 2 aromatic carbocycles. The van der Waals surface area contributed by atoms with Crippen molar-refractivity contribution in [1.29, 1.82) is 0 Å². The number of hydrogen-bond donors (Lipinski definition) is 2. The van der Waals surface area contributed by atoms with Crippen molar-refractivity contribution in [2.24, 2.45) is 5.92 Å². The Morgan fingerprint density at radius 3 is 2.73 bits per heavy atom. The number of nitrogens with one attached hydrogen (secondary N) is 2. The number of likely N-dealkylation sites (N-methyl/N-ethyl adjacent to an activating group) is 1. The topological polar surface area (TPSA) is 122 Å². The van der Waals surface area contributed by atoms with Gasteiger partial charge in [-0.1, -0.05) is 48.4 Å². The third-order valence-corrected chi connectivity index (χ3v) is 8.09. The maximum atomic E-state index is 14.7. The predicted octanol–water partition coefficient (Wildman–Crippen LogP) is 5.29. The van der Waals surface area contributed by atoms with E-state index < -0.39 is 17.8 Å². The highest BCUT2D eigenvalue weighted by molar-refractivity contribution is 6.30. The summed E-state index contributed by atoms with van der Waals surface area (Å²) < 4.78 is 15.9. The Kier molecular flexibility index (Phi) is 9.05. The van der Waals surface area contributed by atoms with Gasteiger partial charge < -0.3 is 15.5 Å². The first-order valence-corrected chi connectivity index (χ1v) is 14.7. The summed E-state index contributed by atoms with van der Waals surface area (Å²) >= 11 is 5.95. The molecule has 2 atom stereocenters. The average molecular weight is 618 g/mol. The molecule has 0 radical (unpaired) electrons. The monoisotopic (exact) mass is 617 g/mol. The van der Waals surface area contributed by atoms with Crippen LogP contribution in [-0.4, -0.2) is 56.7 Å². The quantitative estimate of drug-likeness (QED) is 0.314. The summed E-state index contributed by atoms with van der Waals surface area (Å²) in [5.41, 5.74) is 4.06. The van der Waals surface area contributed by atoms with Crippen LogP contribution in [0.25, 0.3) is 16.8 Å². The maximum Gasteiger partial charge on any atom is 0.274 e. The van der Waals surface area contributed by atoms with Crippen molar-refractivity contribution in [3.63, 3.8) is 0 Å². The van der Waals surface area contributed by atoms with Crippen molar-refractivity contribution >= 4 is 35.0 Å². The Morgan fingerprint density at radius 1 is 1.16 bits per heavy atom. The van der Waals surface area contributed by atoms with Crippen LogP contribution in [0.4, 0.5) is 10.1 Å². The van der Waals surface area contributed by atoms with Crippen LogP contribution in [0.5, 0.6) is 0 Å². The van der Waals surface area contributed by atoms with Crippen LogP contribution in [0.1, 0.15) is 59.7 Å². The summed E-state index contributed by atoms with van der Waals surface area (Å²) in [6, 6.07) is 13.3. The van der Waals surface area contributed by atoms with Crippen LogP contribution in [-0.2, 0) is 16.0 Å². The summed E-state index contributed by atoms with van der Waals surface area (Å²) in [5, 5.41) is 14.1. The van der Waals surface area contributed by atoms with Crippen LogP contribution in [0.2, 0.25) is 5.02 Å². The van der Waals surface area contributed by atoms with Crippen molar-refractivity contribution in [2.75, 3.05) is 19.4 Å². The SMILES string of the molecule is Cc1c(C(=O)N[C@H]2CCC[C@@H](C)C(=O)Nc3cc(CC(=O)N(C)C)ccc3-c3ccnc2c3)nnn1-c1cccc(Cl)c1F. The third kappa shape index (κ3) is 6.47. The molecule has 12 heteroatoms. The van der Waals surface area contributed by atoms with Crippen LogP contribution in [0.15, 0.2) is 54.7 Å². The Bertz CT molecular complexity index is 1740. The van der Waals surface area contributed by atoms with Crippen LogP contribution in [0, 0.1) is 18.7 Å². The number of nitrogens with zero attached hydrogens (tertiary/aromatic N) is 5. The largest absolute Gasteiger partial charge is 0.349 e. The van der Waals surface area contributed by atoms with E-state index in [0.717, 1.165) is 16.7 Å². The highest BCUT2D eigenvalue weighted by Crippen LogP contribution is 2.33. The fraction of sp³-hybridized carbons (Fsp3) is 0.312. The molecular weight excluding hydrogens is 585 g/mol. The van der Waals surface area contributed by atoms with Gasteiger partial charge in [-0.3, -0.25) is 19.4 Å². The third-order valence-electron chi connectivity index (χ3n) is 7.80. The molecule has 5 rings (SSSR count). The normalized spacial score (nSPS) is 16.6. The van der Waals surface area contributed by atoms with Crippen molar-refractivity contribution < 1.29 is 18.8 Å². The van der Waals surface area contributed by atoms with E-state index in [4.69, 9.17) is 11.6 Å². The molecule has 0 fully saturated rings. The van der Waals surface area contributed by atoms with E-state index >= 15 is 0 Å². The lowest BCUT2D eigenvalue weighted by molar-refractivity contribution is -0.128. The van der Waals surface area contributed by atoms with Crippen molar-refractivity contribution in [3.8, 4) is 16.8 Å². The van der Waals surface area contributed by atoms with Gasteiger partial charge in [-0.25, -0.2) is 9.07 Å². The molecule has 0 spiro atoms. The second-order valence-electron chi connectivity index (χ2n) is 11.2. The lowest BCUT2D eigenvalue weighted by Crippen LogP contribution is -2.30. The predicted molar refractivity (Wildman–Crippen MR) is 165 cm³/mol. The summed E-state index contributed by atoms with van der Waals surface area (Å²) in [4.78, 5) is 45.2. The molecule has 10 nitrogen and oxygen atoms in total. The van der Waals surface area contributed by atoms with Crippen LogP contribution >= 0.6 is 11.6 Å². The summed E-state index contributed by atoms with van der Waals surface area (Å²) in [5.74, 6) is -1.62. The first kappa shape index (κ1) is 30.8. The minimum atomic E-state index is -0.663. The smallest absolute Gasteiger partial charge is 0.274 e. The average Bonchev–Trinajstić information content (AvgIpc) is 3.38. The minimum absolute atomic E-state index is 0.0458. The van der Waals surface area contributed by atoms with E-state index in [1.807, 2.05) is 37.3 Å². The molecule has 1 aliphatic rings. The van der Waals surface area contributed by atoms with Gasteiger partial charge >= 0.3 is 0 Å². The number of benzene rings is 2. The van der Waals surface area contributed by atoms with Gasteiger partial charge in [0.05, 0.1) is 28.9 Å². The van der Waals surface area contributed by atoms with E-state index in [-0.39, 0.29) is 40.6 Å². The second kappa shape index (κ2) is 12.9. The molecule has 4 aromatic rings. The zero-order valence-corrected chi connectivity index (χ0v) is 25.7. The van der Waals surface area contributed by atoms with Crippen molar-refractivity contribution in [1.82, 2.24) is 30.2 Å². The fourth-order valence-electron chi connectivity index (χ4n) is 5.16. The molecule has 2 aromatic heterocycles. The van der Waals surface area contributed by atoms with Gasteiger partial charge in [0, 0.05) is 37.5 Å². The number of rotatable bonds is 5. The number of anilines is 1. The molecule has 2 N–H and O–H groups in total. The number of amides is 3. The lowest BCUT2D eigenvalue weighted by atomic mass is 9.94. The highest BCUT2D eigenvalue weighted by atomic mass is 35.5. The van der Waals surface area contributed by atoms with E-state index in [1.165, 1.54) is 21.7 Å². The lowest BCUT2D eigenvalue weighted by Gasteiger charge is -2.22. The Hall–Kier alpha value is -4.64. The van der Waals surface area contributed by atoms with Gasteiger partial charge in [-0.15, -0.1) is 5.10 Å². The molecule has 44 heavy (non-hydrogen) atoms. The standard InChI is InChI=1S/C32H33ClFN7O3/c1-18-7-5-9-24(36-32(44)30-19(2)41(39-38-30)27-10-6-8-23(33)29(27)34)26-17-21(13-14-35-26)22-12-11-20(16-28(42)40(3)4)15-25(22)37-31(18)43/h6,8,10-15,17-18,24H,5,7,9,16H2,1-4H3,(H,36,44)(H,37,43)/t18-,24+/m1/s1. The van der Waals surface area contributed by atoms with Gasteiger partial charge in [0.1, 0.15) is 5.69 Å². The number of halogens is 2. The number of carbonyl (C=O) groups excluding carboxylic acids is 3. The number of carbonyl (C=O) groups is 3. The maximum absolute atomic E-state index is 14.7. The molecule has 0 aliphatic carbocycles. The summed E-state index contributed by atoms with van der Waals surface area (Å²) in [6.45, 7) is 3.49. The van der Waals surface area contributed by atoms with E-state index in [9.17, 15) is 18.8 Å². The van der Waals surface area contributed by atoms with Crippen molar-refractivity contribution in [3.05, 3.63) is 88.2 Å². The number of fused-ring (bicyclic) bond motifs is 4. The number of aromatic nitrogens is 4. The van der Waals surface area contributed by atoms with E-state index in [1.54, 1.807) is 33.3 Å². The zero-order chi connectivity index (χ0) is 31.5. The molecule has 0 unspecified atom stereocenters. The Labute approximate surface area is 259 Å². The van der Waals surface area contributed by atoms with Gasteiger partial charge in [-0.05, 0) is 61.2 Å². The first-order chi connectivity index (χ1) is 21.0. The molecule has 228 valence electrons. The highest BCUT2D eigenvalue weighted by Gasteiger charge is 2.25. The molecule has 1 aliphatic heterocycles. The molecule has 2 bridgehead atoms. The molecule has 3 heterocycles. The van der Waals surface area contributed by atoms with Crippen LogP contribution < -0.4 is 10.6 Å². The van der Waals surface area contributed by atoms with Crippen molar-refractivity contribution in [2.45, 2.75) is 45.6 Å². The van der Waals surface area contributed by atoms with Gasteiger partial charge in [0.25, 0.3) is 5.91 Å². The van der Waals surface area contributed by atoms with Gasteiger partial charge in [-0.2, -0.15) is 0 Å². The van der Waals surface area contributed by atoms with E-state index in [0.29, 0.717) is 36.3 Å². The second-order valence-corrected chi connectivity index (χ2v) is 11.6. The zero-order valence-electron chi connectivity index (χ0n) is 24.9. The molecule has 0 saturated heterocycles. The summed E-state index contributed by atoms with van der Waals surface area (Å²) in [6.07, 6.45) is 3.60. The van der Waals surface area contributed by atoms with Gasteiger partial charge in [0.2, 0.25) is 11.8 Å². The summed E-state index contributed by atoms with van der Waals surface area (Å²) in [7, 11) is 3.41. The number of pyridine rings is 1. The molecule has 3 amide bonds. The van der Waals surface area contributed by atoms with Crippen LogP contribution in [0.3, 0.4) is 0 Å². The molecule has 0 saturated carbocycles. The number of hydrogen-bond acceptors (Lipinski definition) is 6. The first-order valence-electron chi connectivity index (χ1n) is 14.3. The molecular formula is C32H33ClFN7O3. The van der Waals surface area contributed by atoms with E-state index in [2.05, 4.69) is 25.9 Å². The van der Waals surface area contributed by atoms with Gasteiger partial charge in [0.15, 0.2) is 11.5 Å². The fourth-order valence-corrected chi connectivity index (χ4v) is 5.32. The Morgan fingerprint density at radius 2 is 1.95 bits per heavy atom. The minimum Gasteiger partial charge on any atom is -0.349 e. The Balaban J connectivity index is 1.48.